The monoisotopic (exact) mass is 287 g/mol. The number of aromatic nitrogens is 1. The molecule has 0 fully saturated rings. The summed E-state index contributed by atoms with van der Waals surface area (Å²) in [5, 5.41) is 14.3. The maximum atomic E-state index is 11.4. The van der Waals surface area contributed by atoms with Gasteiger partial charge in [-0.05, 0) is 29.5 Å². The van der Waals surface area contributed by atoms with Gasteiger partial charge < -0.3 is 15.3 Å². The van der Waals surface area contributed by atoms with E-state index in [2.05, 4.69) is 10.3 Å². The molecule has 2 rings (SSSR count). The molecular weight excluding hydrogens is 266 g/mol. The Morgan fingerprint density at radius 1 is 1.29 bits per heavy atom. The molecule has 1 atom stereocenters. The highest BCUT2D eigenvalue weighted by atomic mass is 16.4. The van der Waals surface area contributed by atoms with Gasteiger partial charge in [0.15, 0.2) is 0 Å². The first-order valence-electron chi connectivity index (χ1n) is 6.95. The van der Waals surface area contributed by atoms with Gasteiger partial charge in [-0.3, -0.25) is 0 Å². The Kier molecular flexibility index (Phi) is 4.31. The predicted molar refractivity (Wildman–Crippen MR) is 86.0 cm³/mol. The maximum absolute atomic E-state index is 11.4. The van der Waals surface area contributed by atoms with Crippen LogP contribution in [-0.4, -0.2) is 36.2 Å². The molecule has 1 unspecified atom stereocenters. The Morgan fingerprint density at radius 2 is 2.00 bits per heavy atom. The van der Waals surface area contributed by atoms with Crippen molar-refractivity contribution in [3.8, 4) is 0 Å². The number of benzene rings is 1. The molecule has 0 spiro atoms. The summed E-state index contributed by atoms with van der Waals surface area (Å²) in [6.07, 6.45) is 1.69. The average molecular weight is 287 g/mol. The van der Waals surface area contributed by atoms with Gasteiger partial charge >= 0.3 is 5.97 Å². The molecule has 0 aliphatic heterocycles. The van der Waals surface area contributed by atoms with E-state index in [4.69, 9.17) is 0 Å². The molecule has 1 aromatic carbocycles. The second-order valence-electron chi connectivity index (χ2n) is 5.66. The molecule has 0 saturated heterocycles. The fraction of sp³-hybridized carbons (Fsp3) is 0.375. The lowest BCUT2D eigenvalue weighted by atomic mass is 10.0. The van der Waals surface area contributed by atoms with E-state index in [1.807, 2.05) is 57.1 Å². The zero-order valence-corrected chi connectivity index (χ0v) is 12.8. The summed E-state index contributed by atoms with van der Waals surface area (Å²) in [5.74, 6) is -0.290. The molecule has 5 heteroatoms. The van der Waals surface area contributed by atoms with Gasteiger partial charge in [0.05, 0.1) is 0 Å². The third kappa shape index (κ3) is 3.24. The van der Waals surface area contributed by atoms with Gasteiger partial charge in [-0.2, -0.15) is 0 Å². The van der Waals surface area contributed by atoms with E-state index in [0.29, 0.717) is 5.82 Å². The minimum atomic E-state index is -0.868. The molecule has 5 nitrogen and oxygen atoms in total. The van der Waals surface area contributed by atoms with Gasteiger partial charge in [0.2, 0.25) is 0 Å². The molecule has 0 amide bonds. The first-order valence-corrected chi connectivity index (χ1v) is 6.95. The third-order valence-electron chi connectivity index (χ3n) is 3.49. The molecule has 0 saturated carbocycles. The number of carbonyl (C=O) groups is 1. The van der Waals surface area contributed by atoms with E-state index in [1.54, 1.807) is 6.20 Å². The van der Waals surface area contributed by atoms with Crippen molar-refractivity contribution >= 4 is 28.2 Å². The van der Waals surface area contributed by atoms with E-state index in [1.165, 1.54) is 0 Å². The Labute approximate surface area is 124 Å². The van der Waals surface area contributed by atoms with E-state index in [0.717, 1.165) is 16.5 Å². The Bertz CT molecular complexity index is 653. The molecule has 2 N–H and O–H groups in total. The van der Waals surface area contributed by atoms with Crippen LogP contribution in [0.4, 0.5) is 11.5 Å². The Hall–Kier alpha value is -2.30. The fourth-order valence-electron chi connectivity index (χ4n) is 2.21. The lowest BCUT2D eigenvalue weighted by Crippen LogP contribution is -2.34. The molecule has 1 heterocycles. The average Bonchev–Trinajstić information content (AvgIpc) is 2.43. The first kappa shape index (κ1) is 15.1. The summed E-state index contributed by atoms with van der Waals surface area (Å²) >= 11 is 0. The van der Waals surface area contributed by atoms with Gasteiger partial charge in [-0.15, -0.1) is 0 Å². The number of pyridine rings is 1. The van der Waals surface area contributed by atoms with Crippen LogP contribution >= 0.6 is 0 Å². The number of aliphatic carboxylic acids is 1. The second kappa shape index (κ2) is 5.99. The highest BCUT2D eigenvalue weighted by Crippen LogP contribution is 2.26. The summed E-state index contributed by atoms with van der Waals surface area (Å²) in [5.41, 5.74) is 1.05. The summed E-state index contributed by atoms with van der Waals surface area (Å²) in [6, 6.07) is 7.33. The topological polar surface area (TPSA) is 65.5 Å². The minimum absolute atomic E-state index is 0.0309. The molecule has 112 valence electrons. The molecule has 2 aromatic rings. The van der Waals surface area contributed by atoms with E-state index in [9.17, 15) is 9.90 Å². The fourth-order valence-corrected chi connectivity index (χ4v) is 2.21. The lowest BCUT2D eigenvalue weighted by molar-refractivity contribution is -0.138. The summed E-state index contributed by atoms with van der Waals surface area (Å²) in [6.45, 7) is 3.75. The summed E-state index contributed by atoms with van der Waals surface area (Å²) in [4.78, 5) is 17.7. The number of anilines is 2. The largest absolute Gasteiger partial charge is 0.480 e. The number of rotatable bonds is 5. The van der Waals surface area contributed by atoms with Crippen LogP contribution in [-0.2, 0) is 4.79 Å². The van der Waals surface area contributed by atoms with Gasteiger partial charge in [0.25, 0.3) is 0 Å². The number of carboxylic acids is 1. The zero-order chi connectivity index (χ0) is 15.6. The smallest absolute Gasteiger partial charge is 0.326 e. The van der Waals surface area contributed by atoms with E-state index in [-0.39, 0.29) is 5.92 Å². The molecule has 0 bridgehead atoms. The van der Waals surface area contributed by atoms with Crippen LogP contribution in [0.2, 0.25) is 0 Å². The first-order chi connectivity index (χ1) is 9.90. The number of nitrogens with zero attached hydrogens (tertiary/aromatic N) is 2. The normalized spacial score (nSPS) is 12.4. The van der Waals surface area contributed by atoms with Crippen molar-refractivity contribution in [2.24, 2.45) is 5.92 Å². The van der Waals surface area contributed by atoms with Crippen molar-refractivity contribution in [3.63, 3.8) is 0 Å². The minimum Gasteiger partial charge on any atom is -0.480 e. The Morgan fingerprint density at radius 3 is 2.57 bits per heavy atom. The van der Waals surface area contributed by atoms with Gasteiger partial charge in [-0.25, -0.2) is 9.78 Å². The van der Waals surface area contributed by atoms with E-state index >= 15 is 0 Å². The number of fused-ring (bicyclic) bond motifs is 1. The lowest BCUT2D eigenvalue weighted by Gasteiger charge is -2.20. The van der Waals surface area contributed by atoms with Crippen molar-refractivity contribution < 1.29 is 9.90 Å². The zero-order valence-electron chi connectivity index (χ0n) is 12.8. The summed E-state index contributed by atoms with van der Waals surface area (Å²) in [7, 11) is 3.94. The van der Waals surface area contributed by atoms with Crippen molar-refractivity contribution in [2.45, 2.75) is 19.9 Å². The van der Waals surface area contributed by atoms with Crippen molar-refractivity contribution in [3.05, 3.63) is 30.5 Å². The van der Waals surface area contributed by atoms with Crippen LogP contribution in [0.1, 0.15) is 13.8 Å². The molecule has 21 heavy (non-hydrogen) atoms. The van der Waals surface area contributed by atoms with Crippen molar-refractivity contribution in [2.75, 3.05) is 24.3 Å². The standard InChI is InChI=1S/C16H21N3O2/c1-10(2)14(16(20)21)18-15-13-9-12(19(3)4)6-5-11(13)7-8-17-15/h5-10,14H,1-4H3,(H,17,18)(H,20,21). The highest BCUT2D eigenvalue weighted by Gasteiger charge is 2.22. The van der Waals surface area contributed by atoms with Crippen LogP contribution < -0.4 is 10.2 Å². The number of nitrogens with one attached hydrogen (secondary N) is 1. The number of carboxylic acid groups (broad SMARTS) is 1. The quantitative estimate of drug-likeness (QED) is 0.885. The maximum Gasteiger partial charge on any atom is 0.326 e. The van der Waals surface area contributed by atoms with Crippen LogP contribution in [0.5, 0.6) is 0 Å². The van der Waals surface area contributed by atoms with Gasteiger partial charge in [0, 0.05) is 31.4 Å². The SMILES string of the molecule is CC(C)C(Nc1nccc2ccc(N(C)C)cc12)C(=O)O. The molecular formula is C16H21N3O2. The summed E-state index contributed by atoms with van der Waals surface area (Å²) < 4.78 is 0. The molecule has 0 aliphatic rings. The van der Waals surface area contributed by atoms with Crippen LogP contribution in [0, 0.1) is 5.92 Å². The number of hydrogen-bond acceptors (Lipinski definition) is 4. The van der Waals surface area contributed by atoms with Gasteiger partial charge in [-0.1, -0.05) is 19.9 Å². The molecule has 0 aliphatic carbocycles. The van der Waals surface area contributed by atoms with E-state index < -0.39 is 12.0 Å². The van der Waals surface area contributed by atoms with Crippen molar-refractivity contribution in [1.82, 2.24) is 4.98 Å². The highest BCUT2D eigenvalue weighted by molar-refractivity contribution is 5.95. The number of hydrogen-bond donors (Lipinski definition) is 2. The Balaban J connectivity index is 2.47. The molecule has 0 radical (unpaired) electrons. The van der Waals surface area contributed by atoms with Crippen molar-refractivity contribution in [1.29, 1.82) is 0 Å². The van der Waals surface area contributed by atoms with Crippen LogP contribution in [0.15, 0.2) is 30.5 Å². The molecule has 1 aromatic heterocycles. The van der Waals surface area contributed by atoms with Gasteiger partial charge in [0.1, 0.15) is 11.9 Å². The van der Waals surface area contributed by atoms with Crippen LogP contribution in [0.25, 0.3) is 10.8 Å². The third-order valence-corrected chi connectivity index (χ3v) is 3.49. The second-order valence-corrected chi connectivity index (χ2v) is 5.66. The predicted octanol–water partition coefficient (Wildman–Crippen LogP) is 2.82. The van der Waals surface area contributed by atoms with Crippen LogP contribution in [0.3, 0.4) is 0 Å².